The van der Waals surface area contributed by atoms with Gasteiger partial charge in [-0.05, 0) is 12.5 Å². The lowest BCUT2D eigenvalue weighted by molar-refractivity contribution is -0.120. The van der Waals surface area contributed by atoms with Crippen LogP contribution in [0.15, 0.2) is 30.3 Å². The van der Waals surface area contributed by atoms with Crippen molar-refractivity contribution in [3.8, 4) is 0 Å². The van der Waals surface area contributed by atoms with Crippen molar-refractivity contribution in [3.63, 3.8) is 0 Å². The first-order chi connectivity index (χ1) is 7.41. The molecule has 4 nitrogen and oxygen atoms in total. The van der Waals surface area contributed by atoms with Gasteiger partial charge in [0.2, 0.25) is 5.91 Å². The molecule has 0 radical (unpaired) electrons. The number of carbonyl (C=O) groups is 1. The van der Waals surface area contributed by atoms with Gasteiger partial charge >= 0.3 is 0 Å². The molecule has 0 spiro atoms. The van der Waals surface area contributed by atoms with Gasteiger partial charge in [0, 0.05) is 12.8 Å². The smallest absolute Gasteiger partial charge is 0.238 e. The van der Waals surface area contributed by atoms with Crippen LogP contribution in [-0.4, -0.2) is 25.8 Å². The summed E-state index contributed by atoms with van der Waals surface area (Å²) < 4.78 is 22.2. The fourth-order valence-corrected chi connectivity index (χ4v) is 1.60. The minimum Gasteiger partial charge on any atom is -0.351 e. The lowest BCUT2D eigenvalue weighted by Gasteiger charge is -2.10. The maximum atomic E-state index is 11.5. The van der Waals surface area contributed by atoms with Gasteiger partial charge in [-0.25, -0.2) is 8.42 Å². The number of benzene rings is 1. The molecule has 0 aliphatic heterocycles. The predicted molar refractivity (Wildman–Crippen MR) is 62.6 cm³/mol. The highest BCUT2D eigenvalue weighted by atomic mass is 32.2. The summed E-state index contributed by atoms with van der Waals surface area (Å²) in [6.45, 7) is 1.73. The van der Waals surface area contributed by atoms with Crippen molar-refractivity contribution in [2.75, 3.05) is 6.26 Å². The molecule has 0 aliphatic rings. The molecule has 1 N–H and O–H groups in total. The predicted octanol–water partition coefficient (Wildman–Crippen LogP) is 0.736. The first kappa shape index (κ1) is 12.7. The van der Waals surface area contributed by atoms with Crippen molar-refractivity contribution in [2.24, 2.45) is 0 Å². The summed E-state index contributed by atoms with van der Waals surface area (Å²) in [4.78, 5) is 11.5. The molecule has 1 amide bonds. The molecule has 0 heterocycles. The molecule has 0 saturated carbocycles. The van der Waals surface area contributed by atoms with E-state index in [1.165, 1.54) is 6.92 Å². The number of amides is 1. The Morgan fingerprint density at radius 2 is 1.88 bits per heavy atom. The highest BCUT2D eigenvalue weighted by Crippen LogP contribution is 2.00. The van der Waals surface area contributed by atoms with Crippen molar-refractivity contribution < 1.29 is 13.2 Å². The Bertz CT molecular complexity index is 453. The Balaban J connectivity index is 2.54. The molecule has 0 unspecified atom stereocenters. The number of nitrogens with one attached hydrogen (secondary N) is 1. The van der Waals surface area contributed by atoms with E-state index in [1.807, 2.05) is 30.3 Å². The number of hydrogen-bond acceptors (Lipinski definition) is 3. The van der Waals surface area contributed by atoms with Crippen LogP contribution in [0.1, 0.15) is 12.5 Å². The van der Waals surface area contributed by atoms with E-state index in [1.54, 1.807) is 0 Å². The largest absolute Gasteiger partial charge is 0.351 e. The molecule has 88 valence electrons. The molecular weight excluding hydrogens is 226 g/mol. The summed E-state index contributed by atoms with van der Waals surface area (Å²) in [5, 5.41) is 1.58. The monoisotopic (exact) mass is 241 g/mol. The Kier molecular flexibility index (Phi) is 4.06. The van der Waals surface area contributed by atoms with Crippen LogP contribution >= 0.6 is 0 Å². The van der Waals surface area contributed by atoms with Crippen LogP contribution < -0.4 is 5.32 Å². The van der Waals surface area contributed by atoms with Crippen LogP contribution in [0.3, 0.4) is 0 Å². The zero-order valence-corrected chi connectivity index (χ0v) is 10.1. The number of rotatable bonds is 4. The number of carbonyl (C=O) groups excluding carboxylic acids is 1. The van der Waals surface area contributed by atoms with Gasteiger partial charge in [-0.3, -0.25) is 4.79 Å². The first-order valence-corrected chi connectivity index (χ1v) is 6.87. The average Bonchev–Trinajstić information content (AvgIpc) is 2.25. The quantitative estimate of drug-likeness (QED) is 0.845. The van der Waals surface area contributed by atoms with Gasteiger partial charge < -0.3 is 5.32 Å². The topological polar surface area (TPSA) is 63.2 Å². The van der Waals surface area contributed by atoms with Gasteiger partial charge in [0.15, 0.2) is 9.84 Å². The van der Waals surface area contributed by atoms with Crippen LogP contribution in [0.4, 0.5) is 0 Å². The molecule has 0 fully saturated rings. The normalized spacial score (nSPS) is 13.1. The Hall–Kier alpha value is -1.36. The van der Waals surface area contributed by atoms with E-state index in [0.29, 0.717) is 6.54 Å². The standard InChI is InChI=1S/C11H15NO3S/c1-9(16(2,14)15)11(13)12-8-10-6-4-3-5-7-10/h3-7,9H,8H2,1-2H3,(H,12,13)/t9-/m1/s1. The molecule has 0 aliphatic carbocycles. The average molecular weight is 241 g/mol. The van der Waals surface area contributed by atoms with Crippen LogP contribution in [0.25, 0.3) is 0 Å². The number of hydrogen-bond donors (Lipinski definition) is 1. The zero-order chi connectivity index (χ0) is 12.2. The van der Waals surface area contributed by atoms with E-state index in [0.717, 1.165) is 11.8 Å². The Morgan fingerprint density at radius 3 is 2.38 bits per heavy atom. The third-order valence-corrected chi connectivity index (χ3v) is 3.82. The summed E-state index contributed by atoms with van der Waals surface area (Å²) in [5.41, 5.74) is 0.941. The van der Waals surface area contributed by atoms with E-state index in [-0.39, 0.29) is 0 Å². The van der Waals surface area contributed by atoms with Gasteiger partial charge in [-0.1, -0.05) is 30.3 Å². The van der Waals surface area contributed by atoms with Crippen LogP contribution in [0.2, 0.25) is 0 Å². The Labute approximate surface area is 95.6 Å². The van der Waals surface area contributed by atoms with Crippen LogP contribution in [0, 0.1) is 0 Å². The molecule has 0 bridgehead atoms. The maximum absolute atomic E-state index is 11.5. The Morgan fingerprint density at radius 1 is 1.31 bits per heavy atom. The second-order valence-corrected chi connectivity index (χ2v) is 6.04. The minimum atomic E-state index is -3.32. The van der Waals surface area contributed by atoms with Gasteiger partial charge in [-0.15, -0.1) is 0 Å². The lowest BCUT2D eigenvalue weighted by Crippen LogP contribution is -2.36. The molecule has 1 aromatic rings. The molecule has 0 saturated heterocycles. The van der Waals surface area contributed by atoms with Crippen molar-refractivity contribution in [2.45, 2.75) is 18.7 Å². The maximum Gasteiger partial charge on any atom is 0.238 e. The summed E-state index contributed by atoms with van der Waals surface area (Å²) in [6.07, 6.45) is 1.06. The summed E-state index contributed by atoms with van der Waals surface area (Å²) in [7, 11) is -3.32. The third-order valence-electron chi connectivity index (χ3n) is 2.32. The molecule has 1 aromatic carbocycles. The van der Waals surface area contributed by atoms with Crippen molar-refractivity contribution >= 4 is 15.7 Å². The first-order valence-electron chi connectivity index (χ1n) is 4.92. The van der Waals surface area contributed by atoms with Crippen molar-refractivity contribution in [3.05, 3.63) is 35.9 Å². The molecule has 1 rings (SSSR count). The summed E-state index contributed by atoms with van der Waals surface area (Å²) in [5.74, 6) is -0.466. The molecule has 0 aromatic heterocycles. The lowest BCUT2D eigenvalue weighted by atomic mass is 10.2. The summed E-state index contributed by atoms with van der Waals surface area (Å²) in [6, 6.07) is 9.34. The van der Waals surface area contributed by atoms with Crippen LogP contribution in [0.5, 0.6) is 0 Å². The SMILES string of the molecule is C[C@H](C(=O)NCc1ccccc1)S(C)(=O)=O. The molecule has 16 heavy (non-hydrogen) atoms. The summed E-state index contributed by atoms with van der Waals surface area (Å²) >= 11 is 0. The van der Waals surface area contributed by atoms with Crippen molar-refractivity contribution in [1.29, 1.82) is 0 Å². The minimum absolute atomic E-state index is 0.347. The van der Waals surface area contributed by atoms with E-state index < -0.39 is 21.0 Å². The van der Waals surface area contributed by atoms with E-state index >= 15 is 0 Å². The highest BCUT2D eigenvalue weighted by Gasteiger charge is 2.22. The van der Waals surface area contributed by atoms with Gasteiger partial charge in [-0.2, -0.15) is 0 Å². The number of sulfone groups is 1. The van der Waals surface area contributed by atoms with Crippen molar-refractivity contribution in [1.82, 2.24) is 5.32 Å². The van der Waals surface area contributed by atoms with Gasteiger partial charge in [0.1, 0.15) is 5.25 Å². The van der Waals surface area contributed by atoms with Crippen LogP contribution in [-0.2, 0) is 21.2 Å². The van der Waals surface area contributed by atoms with E-state index in [4.69, 9.17) is 0 Å². The fourth-order valence-electron chi connectivity index (χ4n) is 1.12. The zero-order valence-electron chi connectivity index (χ0n) is 9.30. The van der Waals surface area contributed by atoms with Gasteiger partial charge in [0.05, 0.1) is 0 Å². The van der Waals surface area contributed by atoms with Gasteiger partial charge in [0.25, 0.3) is 0 Å². The van der Waals surface area contributed by atoms with E-state index in [9.17, 15) is 13.2 Å². The highest BCUT2D eigenvalue weighted by molar-refractivity contribution is 7.92. The molecule has 5 heteroatoms. The second-order valence-electron chi connectivity index (χ2n) is 3.68. The third kappa shape index (κ3) is 3.66. The molecular formula is C11H15NO3S. The second kappa shape index (κ2) is 5.12. The van der Waals surface area contributed by atoms with E-state index in [2.05, 4.69) is 5.32 Å². The fraction of sp³-hybridized carbons (Fsp3) is 0.364. The molecule has 1 atom stereocenters.